The molecule has 0 radical (unpaired) electrons. The van der Waals surface area contributed by atoms with E-state index in [4.69, 9.17) is 15.7 Å². The van der Waals surface area contributed by atoms with Gasteiger partial charge in [-0.25, -0.2) is 0 Å². The molecule has 0 spiro atoms. The quantitative estimate of drug-likeness (QED) is 0.813. The van der Waals surface area contributed by atoms with Crippen LogP contribution in [0.1, 0.15) is 18.4 Å². The van der Waals surface area contributed by atoms with E-state index < -0.39 is 6.10 Å². The Morgan fingerprint density at radius 3 is 2.75 bits per heavy atom. The van der Waals surface area contributed by atoms with E-state index >= 15 is 0 Å². The third-order valence-electron chi connectivity index (χ3n) is 3.44. The second kappa shape index (κ2) is 7.04. The lowest BCUT2D eigenvalue weighted by atomic mass is 10.1. The summed E-state index contributed by atoms with van der Waals surface area (Å²) in [4.78, 5) is 14.0. The van der Waals surface area contributed by atoms with Crippen LogP contribution in [0.15, 0.2) is 30.3 Å². The van der Waals surface area contributed by atoms with Gasteiger partial charge in [-0.1, -0.05) is 30.3 Å². The Kier molecular flexibility index (Phi) is 5.10. The molecule has 1 fully saturated rings. The SMILES string of the molecule is N#CCN(Cc1ccccc1)C(=O)C1CCC(CN)O1. The lowest BCUT2D eigenvalue weighted by Gasteiger charge is -2.23. The van der Waals surface area contributed by atoms with E-state index in [1.807, 2.05) is 36.4 Å². The second-order valence-corrected chi connectivity index (χ2v) is 4.90. The summed E-state index contributed by atoms with van der Waals surface area (Å²) in [6, 6.07) is 11.7. The van der Waals surface area contributed by atoms with E-state index in [0.717, 1.165) is 12.0 Å². The van der Waals surface area contributed by atoms with Crippen LogP contribution in [0.5, 0.6) is 0 Å². The van der Waals surface area contributed by atoms with Crippen molar-refractivity contribution in [3.05, 3.63) is 35.9 Å². The number of benzene rings is 1. The lowest BCUT2D eigenvalue weighted by molar-refractivity contribution is -0.142. The van der Waals surface area contributed by atoms with E-state index in [0.29, 0.717) is 19.5 Å². The van der Waals surface area contributed by atoms with Crippen LogP contribution in [0.4, 0.5) is 0 Å². The third-order valence-corrected chi connectivity index (χ3v) is 3.44. The van der Waals surface area contributed by atoms with Gasteiger partial charge in [0.1, 0.15) is 12.6 Å². The van der Waals surface area contributed by atoms with E-state index in [-0.39, 0.29) is 18.6 Å². The van der Waals surface area contributed by atoms with Crippen molar-refractivity contribution >= 4 is 5.91 Å². The van der Waals surface area contributed by atoms with Crippen molar-refractivity contribution in [2.45, 2.75) is 31.6 Å². The van der Waals surface area contributed by atoms with Crippen molar-refractivity contribution < 1.29 is 9.53 Å². The maximum atomic E-state index is 12.4. The molecule has 1 aromatic rings. The smallest absolute Gasteiger partial charge is 0.252 e. The van der Waals surface area contributed by atoms with Crippen molar-refractivity contribution in [1.29, 1.82) is 5.26 Å². The Labute approximate surface area is 118 Å². The molecule has 2 atom stereocenters. The monoisotopic (exact) mass is 273 g/mol. The van der Waals surface area contributed by atoms with Gasteiger partial charge in [-0.2, -0.15) is 5.26 Å². The fourth-order valence-electron chi connectivity index (χ4n) is 2.37. The van der Waals surface area contributed by atoms with Crippen molar-refractivity contribution in [3.8, 4) is 6.07 Å². The molecule has 1 heterocycles. The molecule has 0 aromatic heterocycles. The van der Waals surface area contributed by atoms with Crippen LogP contribution in [0.2, 0.25) is 0 Å². The molecule has 1 aromatic carbocycles. The minimum atomic E-state index is -0.458. The molecule has 20 heavy (non-hydrogen) atoms. The summed E-state index contributed by atoms with van der Waals surface area (Å²) in [5, 5.41) is 8.90. The second-order valence-electron chi connectivity index (χ2n) is 4.90. The van der Waals surface area contributed by atoms with Crippen LogP contribution in [-0.4, -0.2) is 36.1 Å². The zero-order valence-electron chi connectivity index (χ0n) is 11.4. The maximum absolute atomic E-state index is 12.4. The molecule has 0 aliphatic carbocycles. The van der Waals surface area contributed by atoms with Gasteiger partial charge in [-0.15, -0.1) is 0 Å². The van der Waals surface area contributed by atoms with Crippen molar-refractivity contribution in [1.82, 2.24) is 4.90 Å². The number of nitrogens with zero attached hydrogens (tertiary/aromatic N) is 2. The van der Waals surface area contributed by atoms with Crippen LogP contribution >= 0.6 is 0 Å². The maximum Gasteiger partial charge on any atom is 0.252 e. The highest BCUT2D eigenvalue weighted by Crippen LogP contribution is 2.21. The summed E-state index contributed by atoms with van der Waals surface area (Å²) in [6.45, 7) is 0.933. The Bertz CT molecular complexity index is 484. The van der Waals surface area contributed by atoms with Gasteiger partial charge in [0, 0.05) is 13.1 Å². The largest absolute Gasteiger partial charge is 0.364 e. The Morgan fingerprint density at radius 1 is 1.40 bits per heavy atom. The molecule has 5 heteroatoms. The van der Waals surface area contributed by atoms with E-state index in [1.54, 1.807) is 4.90 Å². The lowest BCUT2D eigenvalue weighted by Crippen LogP contribution is -2.39. The van der Waals surface area contributed by atoms with Crippen LogP contribution in [0.3, 0.4) is 0 Å². The summed E-state index contributed by atoms with van der Waals surface area (Å²) < 4.78 is 5.61. The first-order chi connectivity index (χ1) is 9.74. The van der Waals surface area contributed by atoms with Gasteiger partial charge in [-0.3, -0.25) is 4.79 Å². The highest BCUT2D eigenvalue weighted by atomic mass is 16.5. The molecule has 2 rings (SSSR count). The molecular formula is C15H19N3O2. The molecule has 106 valence electrons. The highest BCUT2D eigenvalue weighted by molar-refractivity contribution is 5.81. The average molecular weight is 273 g/mol. The fraction of sp³-hybridized carbons (Fsp3) is 0.467. The molecule has 2 N–H and O–H groups in total. The fourth-order valence-corrected chi connectivity index (χ4v) is 2.37. The normalized spacial score (nSPS) is 21.4. The molecule has 1 aliphatic rings. The molecule has 1 saturated heterocycles. The number of carbonyl (C=O) groups excluding carboxylic acids is 1. The number of rotatable bonds is 5. The van der Waals surface area contributed by atoms with Crippen LogP contribution in [-0.2, 0) is 16.1 Å². The number of nitrogens with two attached hydrogens (primary N) is 1. The number of carbonyl (C=O) groups is 1. The minimum Gasteiger partial charge on any atom is -0.364 e. The zero-order chi connectivity index (χ0) is 14.4. The standard InChI is InChI=1S/C15H19N3O2/c16-8-9-18(11-12-4-2-1-3-5-12)15(19)14-7-6-13(10-17)20-14/h1-5,13-14H,6-7,9-11,17H2. The van der Waals surface area contributed by atoms with E-state index in [9.17, 15) is 4.79 Å². The molecule has 1 aliphatic heterocycles. The summed E-state index contributed by atoms with van der Waals surface area (Å²) in [5.41, 5.74) is 6.56. The van der Waals surface area contributed by atoms with Crippen molar-refractivity contribution in [2.75, 3.05) is 13.1 Å². The summed E-state index contributed by atoms with van der Waals surface area (Å²) in [5.74, 6) is -0.119. The molecule has 1 amide bonds. The Morgan fingerprint density at radius 2 is 2.15 bits per heavy atom. The first-order valence-corrected chi connectivity index (χ1v) is 6.79. The van der Waals surface area contributed by atoms with Crippen LogP contribution < -0.4 is 5.73 Å². The van der Waals surface area contributed by atoms with Gasteiger partial charge < -0.3 is 15.4 Å². The third kappa shape index (κ3) is 3.56. The molecule has 0 saturated carbocycles. The predicted octanol–water partition coefficient (Wildman–Crippen LogP) is 1.05. The van der Waals surface area contributed by atoms with Crippen molar-refractivity contribution in [2.24, 2.45) is 5.73 Å². The molecular weight excluding hydrogens is 254 g/mol. The zero-order valence-corrected chi connectivity index (χ0v) is 11.4. The van der Waals surface area contributed by atoms with Gasteiger partial charge in [0.2, 0.25) is 0 Å². The van der Waals surface area contributed by atoms with Crippen LogP contribution in [0.25, 0.3) is 0 Å². The number of hydrogen-bond donors (Lipinski definition) is 1. The van der Waals surface area contributed by atoms with Crippen molar-refractivity contribution in [3.63, 3.8) is 0 Å². The van der Waals surface area contributed by atoms with Gasteiger partial charge in [-0.05, 0) is 18.4 Å². The topological polar surface area (TPSA) is 79.4 Å². The number of amides is 1. The summed E-state index contributed by atoms with van der Waals surface area (Å²) >= 11 is 0. The molecule has 5 nitrogen and oxygen atoms in total. The number of nitriles is 1. The molecule has 0 bridgehead atoms. The average Bonchev–Trinajstić information content (AvgIpc) is 2.96. The van der Waals surface area contributed by atoms with E-state index in [2.05, 4.69) is 0 Å². The minimum absolute atomic E-state index is 0.0374. The van der Waals surface area contributed by atoms with Gasteiger partial charge >= 0.3 is 0 Å². The van der Waals surface area contributed by atoms with Crippen LogP contribution in [0, 0.1) is 11.3 Å². The highest BCUT2D eigenvalue weighted by Gasteiger charge is 2.32. The first kappa shape index (κ1) is 14.5. The summed E-state index contributed by atoms with van der Waals surface area (Å²) in [7, 11) is 0. The van der Waals surface area contributed by atoms with Gasteiger partial charge in [0.25, 0.3) is 5.91 Å². The first-order valence-electron chi connectivity index (χ1n) is 6.79. The number of ether oxygens (including phenoxy) is 1. The van der Waals surface area contributed by atoms with Gasteiger partial charge in [0.15, 0.2) is 0 Å². The predicted molar refractivity (Wildman–Crippen MR) is 74.4 cm³/mol. The Hall–Kier alpha value is -1.90. The summed E-state index contributed by atoms with van der Waals surface area (Å²) in [6.07, 6.45) is 0.987. The molecule has 2 unspecified atom stereocenters. The van der Waals surface area contributed by atoms with Gasteiger partial charge in [0.05, 0.1) is 12.2 Å². The number of hydrogen-bond acceptors (Lipinski definition) is 4. The van der Waals surface area contributed by atoms with E-state index in [1.165, 1.54) is 0 Å². The Balaban J connectivity index is 2.01.